The lowest BCUT2D eigenvalue weighted by molar-refractivity contribution is -0.129. The van der Waals surface area contributed by atoms with Crippen LogP contribution in [-0.2, 0) is 4.79 Å². The Labute approximate surface area is 182 Å². The molecule has 1 aliphatic carbocycles. The van der Waals surface area contributed by atoms with Crippen LogP contribution in [0.2, 0.25) is 0 Å². The van der Waals surface area contributed by atoms with Crippen LogP contribution in [0.4, 0.5) is 0 Å². The molecule has 2 N–H and O–H groups in total. The first-order valence-corrected chi connectivity index (χ1v) is 10.9. The van der Waals surface area contributed by atoms with Gasteiger partial charge in [-0.1, -0.05) is 50.1 Å². The molecule has 1 fully saturated rings. The number of aromatic nitrogens is 3. The van der Waals surface area contributed by atoms with E-state index < -0.39 is 5.91 Å². The van der Waals surface area contributed by atoms with Crippen molar-refractivity contribution >= 4 is 11.8 Å². The summed E-state index contributed by atoms with van der Waals surface area (Å²) < 4.78 is 5.46. The highest BCUT2D eigenvalue weighted by Gasteiger charge is 2.24. The van der Waals surface area contributed by atoms with E-state index in [2.05, 4.69) is 15.1 Å². The van der Waals surface area contributed by atoms with E-state index in [0.29, 0.717) is 17.1 Å². The molecule has 0 spiro atoms. The van der Waals surface area contributed by atoms with E-state index in [4.69, 9.17) is 9.73 Å². The van der Waals surface area contributed by atoms with E-state index in [1.807, 2.05) is 0 Å². The van der Waals surface area contributed by atoms with Crippen molar-refractivity contribution < 1.29 is 19.3 Å². The molecule has 0 aliphatic heterocycles. The quantitative estimate of drug-likeness (QED) is 0.462. The van der Waals surface area contributed by atoms with Gasteiger partial charge in [0.15, 0.2) is 0 Å². The minimum absolute atomic E-state index is 0.0649. The van der Waals surface area contributed by atoms with E-state index in [1.165, 1.54) is 43.2 Å². The summed E-state index contributed by atoms with van der Waals surface area (Å²) in [4.78, 5) is 34.2. The summed E-state index contributed by atoms with van der Waals surface area (Å²) in [6.07, 6.45) is 10.9. The van der Waals surface area contributed by atoms with Crippen LogP contribution in [-0.4, -0.2) is 51.1 Å². The number of hydroxylamine groups is 1. The summed E-state index contributed by atoms with van der Waals surface area (Å²) in [6.45, 7) is 0. The fourth-order valence-electron chi connectivity index (χ4n) is 4.16. The Morgan fingerprint density at radius 1 is 1.29 bits per heavy atom. The van der Waals surface area contributed by atoms with Crippen LogP contribution >= 0.6 is 0 Å². The maximum absolute atomic E-state index is 12.2. The summed E-state index contributed by atoms with van der Waals surface area (Å²) in [5.41, 5.74) is 2.59. The van der Waals surface area contributed by atoms with Crippen molar-refractivity contribution in [3.05, 3.63) is 29.8 Å². The number of amides is 2. The molecule has 2 aromatic heterocycles. The number of hydrogen-bond donors (Lipinski definition) is 2. The minimum atomic E-state index is -0.487. The van der Waals surface area contributed by atoms with Gasteiger partial charge in [-0.2, -0.15) is 4.98 Å². The van der Waals surface area contributed by atoms with Crippen LogP contribution in [0.3, 0.4) is 0 Å². The zero-order valence-electron chi connectivity index (χ0n) is 18.2. The third-order valence-corrected chi connectivity index (χ3v) is 5.88. The fourth-order valence-corrected chi connectivity index (χ4v) is 4.16. The monoisotopic (exact) mass is 429 g/mol. The summed E-state index contributed by atoms with van der Waals surface area (Å²) in [5, 5.41) is 13.0. The SMILES string of the molecule is CN(C)C(=O)c1ccnc(-c2noc([C@@H](CCCC3CCCCC3)CC(=O)NO)n2)c1. The maximum atomic E-state index is 12.2. The Kier molecular flexibility index (Phi) is 8.11. The van der Waals surface area contributed by atoms with E-state index in [0.717, 1.165) is 25.2 Å². The topological polar surface area (TPSA) is 121 Å². The van der Waals surface area contributed by atoms with Gasteiger partial charge in [0, 0.05) is 38.2 Å². The summed E-state index contributed by atoms with van der Waals surface area (Å²) in [5.74, 6) is 0.439. The van der Waals surface area contributed by atoms with Crippen LogP contribution < -0.4 is 5.48 Å². The molecular formula is C22H31N5O4. The molecule has 0 bridgehead atoms. The van der Waals surface area contributed by atoms with Crippen molar-refractivity contribution in [1.29, 1.82) is 0 Å². The maximum Gasteiger partial charge on any atom is 0.253 e. The Bertz CT molecular complexity index is 876. The molecule has 3 rings (SSSR count). The second-order valence-electron chi connectivity index (χ2n) is 8.46. The third-order valence-electron chi connectivity index (χ3n) is 5.88. The van der Waals surface area contributed by atoms with Crippen molar-refractivity contribution in [2.75, 3.05) is 14.1 Å². The van der Waals surface area contributed by atoms with Gasteiger partial charge in [-0.15, -0.1) is 0 Å². The third kappa shape index (κ3) is 6.33. The molecule has 0 saturated heterocycles. The predicted octanol–water partition coefficient (Wildman–Crippen LogP) is 3.56. The Hall–Kier alpha value is -2.81. The predicted molar refractivity (Wildman–Crippen MR) is 113 cm³/mol. The molecule has 1 atom stereocenters. The lowest BCUT2D eigenvalue weighted by atomic mass is 9.84. The van der Waals surface area contributed by atoms with Crippen molar-refractivity contribution in [2.24, 2.45) is 5.92 Å². The van der Waals surface area contributed by atoms with Crippen molar-refractivity contribution in [3.8, 4) is 11.5 Å². The minimum Gasteiger partial charge on any atom is -0.345 e. The zero-order valence-corrected chi connectivity index (χ0v) is 18.2. The number of pyridine rings is 1. The first-order valence-electron chi connectivity index (χ1n) is 10.9. The second kappa shape index (κ2) is 11.0. The van der Waals surface area contributed by atoms with Crippen LogP contribution in [0.25, 0.3) is 11.5 Å². The summed E-state index contributed by atoms with van der Waals surface area (Å²) >= 11 is 0. The number of carbonyl (C=O) groups is 2. The molecule has 168 valence electrons. The summed E-state index contributed by atoms with van der Waals surface area (Å²) in [7, 11) is 3.36. The number of hydrogen-bond acceptors (Lipinski definition) is 7. The van der Waals surface area contributed by atoms with E-state index in [1.54, 1.807) is 31.7 Å². The molecule has 1 aliphatic rings. The first kappa shape index (κ1) is 22.9. The highest BCUT2D eigenvalue weighted by atomic mass is 16.5. The van der Waals surface area contributed by atoms with E-state index in [-0.39, 0.29) is 24.1 Å². The van der Waals surface area contributed by atoms with Gasteiger partial charge in [0.2, 0.25) is 17.6 Å². The lowest BCUT2D eigenvalue weighted by Gasteiger charge is -2.22. The van der Waals surface area contributed by atoms with Crippen molar-refractivity contribution in [1.82, 2.24) is 25.5 Å². The van der Waals surface area contributed by atoms with Crippen molar-refractivity contribution in [2.45, 2.75) is 63.7 Å². The highest BCUT2D eigenvalue weighted by Crippen LogP contribution is 2.31. The van der Waals surface area contributed by atoms with Gasteiger partial charge in [-0.05, 0) is 24.5 Å². The summed E-state index contributed by atoms with van der Waals surface area (Å²) in [6, 6.07) is 3.25. The smallest absolute Gasteiger partial charge is 0.253 e. The molecule has 1 saturated carbocycles. The van der Waals surface area contributed by atoms with Gasteiger partial charge >= 0.3 is 0 Å². The average molecular weight is 430 g/mol. The van der Waals surface area contributed by atoms with Crippen LogP contribution in [0.1, 0.15) is 80.0 Å². The molecule has 2 heterocycles. The van der Waals surface area contributed by atoms with Crippen molar-refractivity contribution in [3.63, 3.8) is 0 Å². The molecule has 9 nitrogen and oxygen atoms in total. The fraction of sp³-hybridized carbons (Fsp3) is 0.591. The highest BCUT2D eigenvalue weighted by molar-refractivity contribution is 5.94. The van der Waals surface area contributed by atoms with E-state index >= 15 is 0 Å². The number of nitrogens with one attached hydrogen (secondary N) is 1. The Morgan fingerprint density at radius 2 is 2.06 bits per heavy atom. The molecule has 0 radical (unpaired) electrons. The van der Waals surface area contributed by atoms with Crippen LogP contribution in [0.15, 0.2) is 22.9 Å². The lowest BCUT2D eigenvalue weighted by Crippen LogP contribution is -2.21. The number of rotatable bonds is 9. The second-order valence-corrected chi connectivity index (χ2v) is 8.46. The normalized spacial score (nSPS) is 15.5. The van der Waals surface area contributed by atoms with Crippen LogP contribution in [0.5, 0.6) is 0 Å². The molecular weight excluding hydrogens is 398 g/mol. The molecule has 9 heteroatoms. The van der Waals surface area contributed by atoms with Gasteiger partial charge in [0.05, 0.1) is 0 Å². The molecule has 2 amide bonds. The van der Waals surface area contributed by atoms with Crippen LogP contribution in [0, 0.1) is 5.92 Å². The Balaban J connectivity index is 1.71. The molecule has 2 aromatic rings. The molecule has 31 heavy (non-hydrogen) atoms. The van der Waals surface area contributed by atoms with E-state index in [9.17, 15) is 9.59 Å². The standard InChI is InChI=1S/C22H31N5O4/c1-27(2)22(29)17-11-12-23-18(13-17)20-24-21(31-26-20)16(14-19(28)25-30)10-6-9-15-7-4-3-5-8-15/h11-13,15-16,30H,3-10,14H2,1-2H3,(H,25,28)/t16-/m0/s1. The number of carbonyl (C=O) groups excluding carboxylic acids is 2. The first-order chi connectivity index (χ1) is 15.0. The molecule has 0 unspecified atom stereocenters. The van der Waals surface area contributed by atoms with Gasteiger partial charge in [0.1, 0.15) is 5.69 Å². The van der Waals surface area contributed by atoms with Gasteiger partial charge < -0.3 is 9.42 Å². The Morgan fingerprint density at radius 3 is 2.77 bits per heavy atom. The van der Waals surface area contributed by atoms with Gasteiger partial charge in [0.25, 0.3) is 5.91 Å². The largest absolute Gasteiger partial charge is 0.345 e. The average Bonchev–Trinajstić information content (AvgIpc) is 3.29. The zero-order chi connectivity index (χ0) is 22.2. The van der Waals surface area contributed by atoms with Gasteiger partial charge in [-0.3, -0.25) is 19.8 Å². The number of nitrogens with zero attached hydrogens (tertiary/aromatic N) is 4. The molecule has 0 aromatic carbocycles. The van der Waals surface area contributed by atoms with Gasteiger partial charge in [-0.25, -0.2) is 5.48 Å².